The predicted molar refractivity (Wildman–Crippen MR) is 128 cm³/mol. The average molecular weight is 478 g/mol. The highest BCUT2D eigenvalue weighted by molar-refractivity contribution is 6.30. The summed E-state index contributed by atoms with van der Waals surface area (Å²) in [7, 11) is 0. The third-order valence-corrected chi connectivity index (χ3v) is 5.56. The summed E-state index contributed by atoms with van der Waals surface area (Å²) in [6, 6.07) is 21.3. The van der Waals surface area contributed by atoms with E-state index in [1.165, 1.54) is 6.07 Å². The van der Waals surface area contributed by atoms with Crippen molar-refractivity contribution in [2.24, 2.45) is 0 Å². The Morgan fingerprint density at radius 3 is 2.39 bits per heavy atom. The molecule has 3 aromatic carbocycles. The second-order valence-electron chi connectivity index (χ2n) is 7.46. The van der Waals surface area contributed by atoms with Crippen LogP contribution in [0.15, 0.2) is 88.2 Å². The molecule has 0 saturated carbocycles. The molecule has 33 heavy (non-hydrogen) atoms. The molecule has 0 aliphatic heterocycles. The van der Waals surface area contributed by atoms with Crippen LogP contribution in [0.4, 0.5) is 0 Å². The van der Waals surface area contributed by atoms with Crippen molar-refractivity contribution in [3.63, 3.8) is 0 Å². The molecule has 0 bridgehead atoms. The van der Waals surface area contributed by atoms with Crippen molar-refractivity contribution in [2.45, 2.75) is 13.2 Å². The van der Waals surface area contributed by atoms with Crippen LogP contribution in [-0.4, -0.2) is 15.0 Å². The lowest BCUT2D eigenvalue weighted by atomic mass is 10.1. The zero-order chi connectivity index (χ0) is 22.8. The van der Waals surface area contributed by atoms with Crippen LogP contribution in [-0.2, 0) is 13.2 Å². The van der Waals surface area contributed by atoms with Gasteiger partial charge >= 0.3 is 0 Å². The predicted octanol–water partition coefficient (Wildman–Crippen LogP) is 5.99. The molecule has 0 N–H and O–H groups in total. The Labute approximate surface area is 198 Å². The number of benzene rings is 3. The Bertz CT molecular complexity index is 1480. The van der Waals surface area contributed by atoms with Crippen LogP contribution in [0.1, 0.15) is 11.3 Å². The second kappa shape index (κ2) is 9.10. The van der Waals surface area contributed by atoms with Crippen molar-refractivity contribution in [2.75, 3.05) is 0 Å². The van der Waals surface area contributed by atoms with Gasteiger partial charge in [-0.15, -0.1) is 5.10 Å². The Morgan fingerprint density at radius 1 is 0.909 bits per heavy atom. The Hall–Kier alpha value is -3.61. The van der Waals surface area contributed by atoms with Gasteiger partial charge in [-0.05, 0) is 66.2 Å². The molecular formula is C25H17Cl2N3O3. The standard InChI is InChI=1S/C25H17Cl2N3O3/c26-18-4-2-17(3-5-18)25-12-23(31)22-11-16(1-10-24(22)33-25)13-30-14-20(28-29-30)15-32-21-8-6-19(27)7-9-21/h1-12,14H,13,15H2. The van der Waals surface area contributed by atoms with Crippen LogP contribution in [0, 0.1) is 0 Å². The van der Waals surface area contributed by atoms with E-state index < -0.39 is 0 Å². The minimum atomic E-state index is -0.112. The van der Waals surface area contributed by atoms with Crippen molar-refractivity contribution in [1.29, 1.82) is 0 Å². The lowest BCUT2D eigenvalue weighted by Gasteiger charge is -2.06. The van der Waals surface area contributed by atoms with E-state index in [0.29, 0.717) is 44.8 Å². The fourth-order valence-electron chi connectivity index (χ4n) is 3.42. The quantitative estimate of drug-likeness (QED) is 0.300. The van der Waals surface area contributed by atoms with E-state index in [-0.39, 0.29) is 12.0 Å². The summed E-state index contributed by atoms with van der Waals surface area (Å²) >= 11 is 11.8. The molecule has 5 rings (SSSR count). The number of hydrogen-bond donors (Lipinski definition) is 0. The Balaban J connectivity index is 1.32. The normalized spacial score (nSPS) is 11.1. The van der Waals surface area contributed by atoms with Crippen molar-refractivity contribution >= 4 is 34.2 Å². The third-order valence-electron chi connectivity index (χ3n) is 5.05. The Kier molecular flexibility index (Phi) is 5.86. The van der Waals surface area contributed by atoms with Crippen LogP contribution in [0.5, 0.6) is 5.75 Å². The molecule has 0 saturated heterocycles. The van der Waals surface area contributed by atoms with Gasteiger partial charge in [-0.1, -0.05) is 34.5 Å². The van der Waals surface area contributed by atoms with Gasteiger partial charge < -0.3 is 9.15 Å². The lowest BCUT2D eigenvalue weighted by molar-refractivity contribution is 0.301. The summed E-state index contributed by atoms with van der Waals surface area (Å²) < 4.78 is 13.4. The van der Waals surface area contributed by atoms with Crippen molar-refractivity contribution < 1.29 is 9.15 Å². The number of fused-ring (bicyclic) bond motifs is 1. The second-order valence-corrected chi connectivity index (χ2v) is 8.34. The van der Waals surface area contributed by atoms with Gasteiger partial charge in [-0.3, -0.25) is 4.79 Å². The molecule has 0 atom stereocenters. The first-order valence-corrected chi connectivity index (χ1v) is 10.9. The van der Waals surface area contributed by atoms with E-state index in [1.807, 2.05) is 30.5 Å². The van der Waals surface area contributed by atoms with Gasteiger partial charge in [0.1, 0.15) is 29.4 Å². The molecule has 0 radical (unpaired) electrons. The molecule has 6 nitrogen and oxygen atoms in total. The zero-order valence-corrected chi connectivity index (χ0v) is 18.8. The molecular weight excluding hydrogens is 461 g/mol. The molecule has 0 spiro atoms. The first kappa shape index (κ1) is 21.2. The minimum Gasteiger partial charge on any atom is -0.487 e. The van der Waals surface area contributed by atoms with E-state index in [4.69, 9.17) is 32.4 Å². The summed E-state index contributed by atoms with van der Waals surface area (Å²) in [5.41, 5.74) is 2.80. The third kappa shape index (κ3) is 4.92. The number of rotatable bonds is 6. The van der Waals surface area contributed by atoms with Crippen LogP contribution < -0.4 is 10.2 Å². The topological polar surface area (TPSA) is 70.2 Å². The van der Waals surface area contributed by atoms with E-state index >= 15 is 0 Å². The SMILES string of the molecule is O=c1cc(-c2ccc(Cl)cc2)oc2ccc(Cn3cc(COc4ccc(Cl)cc4)nn3)cc12. The van der Waals surface area contributed by atoms with Gasteiger partial charge in [-0.2, -0.15) is 0 Å². The molecule has 0 unspecified atom stereocenters. The molecule has 5 aromatic rings. The van der Waals surface area contributed by atoms with Gasteiger partial charge in [0.25, 0.3) is 0 Å². The highest BCUT2D eigenvalue weighted by Crippen LogP contribution is 2.24. The molecule has 0 amide bonds. The van der Waals surface area contributed by atoms with Crippen LogP contribution >= 0.6 is 23.2 Å². The monoisotopic (exact) mass is 477 g/mol. The molecule has 2 heterocycles. The van der Waals surface area contributed by atoms with Crippen molar-refractivity contribution in [3.05, 3.63) is 111 Å². The molecule has 2 aromatic heterocycles. The average Bonchev–Trinajstić information content (AvgIpc) is 3.27. The van der Waals surface area contributed by atoms with E-state index in [2.05, 4.69) is 10.3 Å². The van der Waals surface area contributed by atoms with Gasteiger partial charge in [0, 0.05) is 21.7 Å². The smallest absolute Gasteiger partial charge is 0.193 e. The van der Waals surface area contributed by atoms with Gasteiger partial charge in [0.05, 0.1) is 18.1 Å². The van der Waals surface area contributed by atoms with Gasteiger partial charge in [-0.25, -0.2) is 4.68 Å². The number of ether oxygens (including phenoxy) is 1. The highest BCUT2D eigenvalue weighted by Gasteiger charge is 2.09. The highest BCUT2D eigenvalue weighted by atomic mass is 35.5. The number of nitrogens with zero attached hydrogens (tertiary/aromatic N) is 3. The molecule has 0 aliphatic rings. The fraction of sp³-hybridized carbons (Fsp3) is 0.0800. The Morgan fingerprint density at radius 2 is 1.64 bits per heavy atom. The first-order valence-electron chi connectivity index (χ1n) is 10.1. The zero-order valence-electron chi connectivity index (χ0n) is 17.2. The van der Waals surface area contributed by atoms with Gasteiger partial charge in [0.15, 0.2) is 5.43 Å². The largest absolute Gasteiger partial charge is 0.487 e. The number of aromatic nitrogens is 3. The summed E-state index contributed by atoms with van der Waals surface area (Å²) in [4.78, 5) is 12.7. The van der Waals surface area contributed by atoms with Crippen LogP contribution in [0.2, 0.25) is 10.0 Å². The summed E-state index contributed by atoms with van der Waals surface area (Å²) in [6.07, 6.45) is 1.81. The van der Waals surface area contributed by atoms with E-state index in [9.17, 15) is 4.79 Å². The minimum absolute atomic E-state index is 0.112. The van der Waals surface area contributed by atoms with E-state index in [0.717, 1.165) is 11.1 Å². The van der Waals surface area contributed by atoms with Crippen LogP contribution in [0.25, 0.3) is 22.3 Å². The maximum atomic E-state index is 12.7. The number of halogens is 2. The molecule has 0 aliphatic carbocycles. The van der Waals surface area contributed by atoms with Gasteiger partial charge in [0.2, 0.25) is 0 Å². The maximum Gasteiger partial charge on any atom is 0.193 e. The van der Waals surface area contributed by atoms with Crippen molar-refractivity contribution in [1.82, 2.24) is 15.0 Å². The molecule has 164 valence electrons. The lowest BCUT2D eigenvalue weighted by Crippen LogP contribution is -2.04. The maximum absolute atomic E-state index is 12.7. The molecule has 8 heteroatoms. The van der Waals surface area contributed by atoms with Crippen LogP contribution in [0.3, 0.4) is 0 Å². The number of hydrogen-bond acceptors (Lipinski definition) is 5. The summed E-state index contributed by atoms with van der Waals surface area (Å²) in [6.45, 7) is 0.749. The summed E-state index contributed by atoms with van der Waals surface area (Å²) in [5, 5.41) is 10.1. The molecule has 0 fully saturated rings. The van der Waals surface area contributed by atoms with Crippen molar-refractivity contribution in [3.8, 4) is 17.1 Å². The summed E-state index contributed by atoms with van der Waals surface area (Å²) in [5.74, 6) is 1.20. The first-order chi connectivity index (χ1) is 16.0. The van der Waals surface area contributed by atoms with E-state index in [1.54, 1.807) is 47.1 Å². The fourth-order valence-corrected chi connectivity index (χ4v) is 3.67.